The maximum Gasteiger partial charge on any atom is 0.255 e. The number of rotatable bonds is 21. The number of hydrogen-bond donors (Lipinski definition) is 11. The van der Waals surface area contributed by atoms with Crippen molar-refractivity contribution in [2.45, 2.75) is 110 Å². The fourth-order valence-corrected chi connectivity index (χ4v) is 20.8. The van der Waals surface area contributed by atoms with Crippen LogP contribution in [0.2, 0.25) is 0 Å². The first-order valence-corrected chi connectivity index (χ1v) is 51.1. The van der Waals surface area contributed by atoms with Gasteiger partial charge in [0.05, 0.1) is 103 Å². The Labute approximate surface area is 848 Å². The molecule has 0 spiro atoms. The fraction of sp³-hybridized carbons (Fsp3) is 0.231. The van der Waals surface area contributed by atoms with Gasteiger partial charge in [-0.1, -0.05) is 97.1 Å². The van der Waals surface area contributed by atoms with Crippen LogP contribution < -0.4 is 35.6 Å². The lowest BCUT2D eigenvalue weighted by molar-refractivity contribution is -0.115. The highest BCUT2D eigenvalue weighted by molar-refractivity contribution is 6.06. The smallest absolute Gasteiger partial charge is 0.255 e. The molecule has 2 amide bonds. The normalized spacial score (nSPS) is 14.0. The minimum atomic E-state index is -0.170. The molecule has 0 aliphatic carbocycles. The third-order valence-corrected chi connectivity index (χ3v) is 28.0. The predicted molar refractivity (Wildman–Crippen MR) is 591 cm³/mol. The Morgan fingerprint density at radius 1 is 0.313 bits per heavy atom. The standard InChI is InChI=1S/C32H29N7O.C31H27N7O.2C27H29N7/c40-29(16-21-8-3-1-4-9-21)34-24-17-23(19-33-20-24)22-12-13-26-25(18-22)30(38-37-26)32-35-27-10-7-11-28(31(27)36-32)39-14-5-2-6-15-39;39-31(20-8-3-1-4-9-20)33-23-16-22(18-32-19-23)21-12-13-25-24(17-21)28(37-36-25)30-34-26-10-7-11-27(29(26)35-30)38-14-5-2-6-15-38;1-33(2)17-18-13-20(16-28-15-18)19-9-10-22-21(14-19)25(32-31-22)27-29-23-7-6-8-24(26(23)30-27)34-11-4-3-5-12-34;1-17(2)29-20-13-19(15-28-16-20)18-9-10-22-21(14-18)25(33-32-22)27-30-23-7-6-8-24(26(23)31-27)34-11-4-3-5-12-34/h1,3-4,7-13,17-20H,2,5-6,14-16H2,(H,34,40)(H,35,36)(H,37,38);1,3-4,7-13,16-19H,2,5-6,14-15H2,(H,33,39)(H,34,35)(H,36,37);6-10,13-16H,3-5,11-12,17H2,1-2H3,(H,29,30)(H,31,32);6-10,13-17,29H,3-5,11-12H2,1-2H3,(H,30,31)(H,32,33). The second kappa shape index (κ2) is 41.8. The van der Waals surface area contributed by atoms with Crippen molar-refractivity contribution >= 4 is 139 Å². The maximum atomic E-state index is 12.6. The van der Waals surface area contributed by atoms with Gasteiger partial charge in [-0.2, -0.15) is 20.4 Å². The van der Waals surface area contributed by atoms with Crippen molar-refractivity contribution in [1.82, 2.24) is 105 Å². The zero-order chi connectivity index (χ0) is 99.2. The van der Waals surface area contributed by atoms with E-state index in [-0.39, 0.29) is 11.8 Å². The minimum absolute atomic E-state index is 0.0773. The number of hydrogen-bond acceptors (Lipinski definition) is 20. The summed E-state index contributed by atoms with van der Waals surface area (Å²) in [6.45, 7) is 13.7. The molecule has 0 radical (unpaired) electrons. The van der Waals surface area contributed by atoms with Crippen LogP contribution in [0.15, 0.2) is 280 Å². The molecule has 30 heteroatoms. The van der Waals surface area contributed by atoms with Crippen LogP contribution >= 0.6 is 0 Å². The molecule has 147 heavy (non-hydrogen) atoms. The number of H-pyrrole nitrogens is 8. The molecule has 4 fully saturated rings. The number of nitrogens with one attached hydrogen (secondary N) is 11. The first-order valence-electron chi connectivity index (χ1n) is 51.1. The molecular formula is C117H114N28O2. The average Bonchev–Trinajstić information content (AvgIpc) is 1.63. The molecule has 12 aromatic heterocycles. The van der Waals surface area contributed by atoms with Gasteiger partial charge in [-0.05, 0) is 272 Å². The summed E-state index contributed by atoms with van der Waals surface area (Å²) in [6, 6.07) is 77.9. The number of para-hydroxylation sites is 4. The van der Waals surface area contributed by atoms with Gasteiger partial charge in [0, 0.05) is 151 Å². The van der Waals surface area contributed by atoms with Gasteiger partial charge in [-0.15, -0.1) is 0 Å². The third-order valence-electron chi connectivity index (χ3n) is 28.0. The summed E-state index contributed by atoms with van der Waals surface area (Å²) in [5.41, 5.74) is 33.1. The number of carbonyl (C=O) groups excluding carboxylic acids is 2. The zero-order valence-electron chi connectivity index (χ0n) is 82.6. The van der Waals surface area contributed by atoms with Crippen LogP contribution in [-0.2, 0) is 17.8 Å². The molecular weight excluding hydrogens is 1830 g/mol. The molecule has 4 saturated heterocycles. The Morgan fingerprint density at radius 2 is 0.633 bits per heavy atom. The van der Waals surface area contributed by atoms with Gasteiger partial charge in [0.15, 0.2) is 23.3 Å². The topological polar surface area (TPSA) is 367 Å². The SMILES string of the molecule is CC(C)Nc1cncc(-c2ccc3[nH]nc(-c4nc5c(N6CCCCC6)cccc5[nH]4)c3c2)c1.CN(C)Cc1cncc(-c2ccc3[nH]nc(-c4nc5c(N6CCCCC6)cccc5[nH]4)c3c2)c1.O=C(Cc1ccccc1)Nc1cncc(-c2ccc3[nH]nc(-c4nc5c(N6CCCCC6)cccc5[nH]4)c3c2)c1.O=C(Nc1cncc(-c2ccc3[nH]nc(-c4nc5c(N6CCCCC6)cccc5[nH]4)c3c2)c1)c1ccccc1. The van der Waals surface area contributed by atoms with Crippen molar-refractivity contribution in [3.63, 3.8) is 0 Å². The van der Waals surface area contributed by atoms with Gasteiger partial charge in [0.1, 0.15) is 44.8 Å². The summed E-state index contributed by atoms with van der Waals surface area (Å²) >= 11 is 0. The van der Waals surface area contributed by atoms with Crippen molar-refractivity contribution in [2.75, 3.05) is 102 Å². The van der Waals surface area contributed by atoms with Crippen molar-refractivity contribution < 1.29 is 9.59 Å². The summed E-state index contributed by atoms with van der Waals surface area (Å²) in [5.74, 6) is 2.81. The van der Waals surface area contributed by atoms with Crippen molar-refractivity contribution in [1.29, 1.82) is 0 Å². The van der Waals surface area contributed by atoms with Gasteiger partial charge in [-0.3, -0.25) is 49.9 Å². The number of benzene rings is 10. The van der Waals surface area contributed by atoms with Gasteiger partial charge in [0.25, 0.3) is 5.91 Å². The number of pyridine rings is 4. The largest absolute Gasteiger partial charge is 0.382 e. The van der Waals surface area contributed by atoms with E-state index in [0.717, 1.165) is 248 Å². The lowest BCUT2D eigenvalue weighted by Crippen LogP contribution is -2.29. The number of anilines is 7. The van der Waals surface area contributed by atoms with E-state index < -0.39 is 0 Å². The van der Waals surface area contributed by atoms with Gasteiger partial charge < -0.3 is 60.4 Å². The van der Waals surface area contributed by atoms with E-state index >= 15 is 0 Å². The second-order valence-electron chi connectivity index (χ2n) is 39.1. The van der Waals surface area contributed by atoms with Crippen LogP contribution in [0.1, 0.15) is 112 Å². The Balaban J connectivity index is 0.000000108. The van der Waals surface area contributed by atoms with E-state index in [2.05, 4.69) is 283 Å². The van der Waals surface area contributed by atoms with Gasteiger partial charge >= 0.3 is 0 Å². The van der Waals surface area contributed by atoms with Gasteiger partial charge in [-0.25, -0.2) is 19.9 Å². The van der Waals surface area contributed by atoms with Crippen LogP contribution in [0.5, 0.6) is 0 Å². The highest BCUT2D eigenvalue weighted by Gasteiger charge is 2.27. The Morgan fingerprint density at radius 3 is 0.980 bits per heavy atom. The minimum Gasteiger partial charge on any atom is -0.382 e. The van der Waals surface area contributed by atoms with E-state index in [9.17, 15) is 9.59 Å². The number of fused-ring (bicyclic) bond motifs is 8. The number of imidazole rings is 4. The molecule has 4 aliphatic rings. The van der Waals surface area contributed by atoms with Crippen molar-refractivity contribution in [2.24, 2.45) is 0 Å². The number of carbonyl (C=O) groups is 2. The summed E-state index contributed by atoms with van der Waals surface area (Å²) in [7, 11) is 4.14. The Kier molecular flexibility index (Phi) is 26.5. The first kappa shape index (κ1) is 93.1. The van der Waals surface area contributed by atoms with Crippen LogP contribution in [0.3, 0.4) is 0 Å². The molecule has 30 nitrogen and oxygen atoms in total. The molecule has 11 N–H and O–H groups in total. The van der Waals surface area contributed by atoms with Gasteiger partial charge in [0.2, 0.25) is 5.91 Å². The quantitative estimate of drug-likeness (QED) is 0.0318. The van der Waals surface area contributed by atoms with E-state index in [1.54, 1.807) is 36.9 Å². The van der Waals surface area contributed by atoms with E-state index in [4.69, 9.17) is 19.9 Å². The van der Waals surface area contributed by atoms with Crippen LogP contribution in [0.25, 0.3) is 178 Å². The van der Waals surface area contributed by atoms with Crippen molar-refractivity contribution in [3.8, 4) is 90.6 Å². The number of amides is 2. The molecule has 0 atom stereocenters. The summed E-state index contributed by atoms with van der Waals surface area (Å²) in [6.07, 6.45) is 29.9. The zero-order valence-corrected chi connectivity index (χ0v) is 82.6. The predicted octanol–water partition coefficient (Wildman–Crippen LogP) is 23.9. The number of piperidine rings is 4. The molecule has 0 bridgehead atoms. The molecule has 734 valence electrons. The van der Waals surface area contributed by atoms with Crippen LogP contribution in [-0.4, -0.2) is 190 Å². The first-order chi connectivity index (χ1) is 72.2. The fourth-order valence-electron chi connectivity index (χ4n) is 20.8. The molecule has 10 aromatic carbocycles. The molecule has 0 unspecified atom stereocenters. The molecule has 16 heterocycles. The second-order valence-corrected chi connectivity index (χ2v) is 39.1. The lowest BCUT2D eigenvalue weighted by atomic mass is 10.0. The number of nitrogens with zero attached hydrogens (tertiary/aromatic N) is 17. The van der Waals surface area contributed by atoms with Crippen LogP contribution in [0.4, 0.5) is 39.8 Å². The van der Waals surface area contributed by atoms with E-state index in [1.165, 1.54) is 105 Å². The lowest BCUT2D eigenvalue weighted by Gasteiger charge is -2.28. The average molecular weight is 1940 g/mol. The Hall–Kier alpha value is -17.5. The number of aromatic nitrogens is 20. The highest BCUT2D eigenvalue weighted by atomic mass is 16.2. The summed E-state index contributed by atoms with van der Waals surface area (Å²) in [4.78, 5) is 89.0. The number of aromatic amines is 8. The van der Waals surface area contributed by atoms with E-state index in [0.29, 0.717) is 29.4 Å². The molecule has 4 aliphatic heterocycles. The van der Waals surface area contributed by atoms with Crippen molar-refractivity contribution in [3.05, 3.63) is 297 Å². The highest BCUT2D eigenvalue weighted by Crippen LogP contribution is 2.42. The third kappa shape index (κ3) is 20.3. The van der Waals surface area contributed by atoms with Crippen LogP contribution in [0, 0.1) is 0 Å². The summed E-state index contributed by atoms with van der Waals surface area (Å²) < 4.78 is 0. The molecule has 26 rings (SSSR count). The molecule has 0 saturated carbocycles. The summed E-state index contributed by atoms with van der Waals surface area (Å²) in [5, 5.41) is 44.6. The molecule has 22 aromatic rings. The Bertz CT molecular complexity index is 8270. The van der Waals surface area contributed by atoms with E-state index in [1.807, 2.05) is 110 Å². The maximum absolute atomic E-state index is 12.6. The monoisotopic (exact) mass is 1940 g/mol.